The molecule has 0 aliphatic carbocycles. The Balaban J connectivity index is 1.66. The lowest BCUT2D eigenvalue weighted by atomic mass is 10.1. The highest BCUT2D eigenvalue weighted by molar-refractivity contribution is 6.04. The van der Waals surface area contributed by atoms with Crippen LogP contribution >= 0.6 is 0 Å². The van der Waals surface area contributed by atoms with Crippen LogP contribution in [0.5, 0.6) is 0 Å². The molecule has 0 aliphatic rings. The number of aromatic amines is 1. The summed E-state index contributed by atoms with van der Waals surface area (Å²) >= 11 is 0. The number of aromatic nitrogens is 3. The van der Waals surface area contributed by atoms with E-state index in [1.165, 1.54) is 18.2 Å². The quantitative estimate of drug-likeness (QED) is 0.589. The van der Waals surface area contributed by atoms with Crippen LogP contribution in [0, 0.1) is 0 Å². The third-order valence-corrected chi connectivity index (χ3v) is 4.00. The molecule has 0 fully saturated rings. The smallest absolute Gasteiger partial charge is 0.347 e. The molecule has 2 heterocycles. The molecule has 1 aromatic carbocycles. The van der Waals surface area contributed by atoms with Gasteiger partial charge in [0.25, 0.3) is 11.8 Å². The summed E-state index contributed by atoms with van der Waals surface area (Å²) in [7, 11) is 0. The first-order valence-electron chi connectivity index (χ1n) is 8.51. The van der Waals surface area contributed by atoms with Crippen LogP contribution in [0.1, 0.15) is 37.8 Å². The van der Waals surface area contributed by atoms with Crippen molar-refractivity contribution in [1.29, 1.82) is 0 Å². The van der Waals surface area contributed by atoms with Crippen molar-refractivity contribution in [3.63, 3.8) is 0 Å². The molecule has 0 saturated heterocycles. The third kappa shape index (κ3) is 4.98. The van der Waals surface area contributed by atoms with Crippen LogP contribution in [0.2, 0.25) is 0 Å². The van der Waals surface area contributed by atoms with Gasteiger partial charge in [-0.2, -0.15) is 13.2 Å². The number of imidazole rings is 1. The molecule has 0 spiro atoms. The van der Waals surface area contributed by atoms with Crippen LogP contribution in [0.4, 0.5) is 13.2 Å². The number of carbonyl (C=O) groups is 2. The lowest BCUT2D eigenvalue weighted by molar-refractivity contribution is -0.138. The van der Waals surface area contributed by atoms with Crippen LogP contribution in [0.25, 0.3) is 0 Å². The largest absolute Gasteiger partial charge is 0.416 e. The van der Waals surface area contributed by atoms with E-state index in [2.05, 4.69) is 25.6 Å². The Morgan fingerprint density at radius 1 is 0.931 bits per heavy atom. The van der Waals surface area contributed by atoms with Gasteiger partial charge in [0.2, 0.25) is 0 Å². The van der Waals surface area contributed by atoms with Gasteiger partial charge in [-0.3, -0.25) is 14.6 Å². The molecule has 7 nitrogen and oxygen atoms in total. The SMILES string of the molecule is O=C(NCc1ccccn1)c1nc[nH]c1C(=O)NCc1ccccc1C(F)(F)F. The third-order valence-electron chi connectivity index (χ3n) is 4.00. The summed E-state index contributed by atoms with van der Waals surface area (Å²) in [4.78, 5) is 35.1. The molecule has 0 bridgehead atoms. The first kappa shape index (κ1) is 20.1. The van der Waals surface area contributed by atoms with Crippen molar-refractivity contribution in [3.8, 4) is 0 Å². The summed E-state index contributed by atoms with van der Waals surface area (Å²) in [6, 6.07) is 10.1. The van der Waals surface area contributed by atoms with Crippen LogP contribution in [-0.2, 0) is 19.3 Å². The van der Waals surface area contributed by atoms with E-state index in [0.29, 0.717) is 5.69 Å². The minimum Gasteiger partial charge on any atom is -0.347 e. The van der Waals surface area contributed by atoms with E-state index in [4.69, 9.17) is 0 Å². The number of alkyl halides is 3. The number of nitrogens with zero attached hydrogens (tertiary/aromatic N) is 2. The van der Waals surface area contributed by atoms with E-state index >= 15 is 0 Å². The second kappa shape index (κ2) is 8.55. The van der Waals surface area contributed by atoms with Gasteiger partial charge < -0.3 is 15.6 Å². The lowest BCUT2D eigenvalue weighted by Crippen LogP contribution is -2.30. The number of hydrogen-bond donors (Lipinski definition) is 3. The van der Waals surface area contributed by atoms with Gasteiger partial charge in [0.15, 0.2) is 5.69 Å². The van der Waals surface area contributed by atoms with Gasteiger partial charge in [0, 0.05) is 12.7 Å². The number of pyridine rings is 1. The number of nitrogens with one attached hydrogen (secondary N) is 3. The van der Waals surface area contributed by atoms with Gasteiger partial charge in [-0.15, -0.1) is 0 Å². The first-order chi connectivity index (χ1) is 13.9. The number of H-pyrrole nitrogens is 1. The van der Waals surface area contributed by atoms with Crippen molar-refractivity contribution >= 4 is 11.8 Å². The Bertz CT molecular complexity index is 1000. The number of amides is 2. The van der Waals surface area contributed by atoms with Gasteiger partial charge in [-0.1, -0.05) is 24.3 Å². The van der Waals surface area contributed by atoms with Crippen molar-refractivity contribution in [3.05, 3.63) is 83.2 Å². The average molecular weight is 403 g/mol. The van der Waals surface area contributed by atoms with Crippen molar-refractivity contribution < 1.29 is 22.8 Å². The molecule has 0 saturated carbocycles. The van der Waals surface area contributed by atoms with E-state index in [-0.39, 0.29) is 30.0 Å². The monoisotopic (exact) mass is 403 g/mol. The van der Waals surface area contributed by atoms with Gasteiger partial charge in [0.1, 0.15) is 5.69 Å². The van der Waals surface area contributed by atoms with E-state index < -0.39 is 23.6 Å². The predicted octanol–water partition coefficient (Wildman–Crippen LogP) is 2.68. The molecular weight excluding hydrogens is 387 g/mol. The molecule has 0 radical (unpaired) electrons. The number of carbonyl (C=O) groups excluding carboxylic acids is 2. The normalized spacial score (nSPS) is 11.1. The van der Waals surface area contributed by atoms with Crippen LogP contribution in [-0.4, -0.2) is 26.8 Å². The summed E-state index contributed by atoms with van der Waals surface area (Å²) in [5.74, 6) is -1.36. The van der Waals surface area contributed by atoms with E-state index in [0.717, 1.165) is 12.4 Å². The van der Waals surface area contributed by atoms with Crippen LogP contribution < -0.4 is 10.6 Å². The molecule has 0 atom stereocenters. The molecule has 3 rings (SSSR count). The molecule has 3 aromatic rings. The first-order valence-corrected chi connectivity index (χ1v) is 8.51. The maximum atomic E-state index is 13.1. The van der Waals surface area contributed by atoms with Crippen molar-refractivity contribution in [1.82, 2.24) is 25.6 Å². The summed E-state index contributed by atoms with van der Waals surface area (Å²) in [6.45, 7) is -0.227. The van der Waals surface area contributed by atoms with Gasteiger partial charge >= 0.3 is 6.18 Å². The maximum Gasteiger partial charge on any atom is 0.416 e. The molecular formula is C19H16F3N5O2. The number of hydrogen-bond acceptors (Lipinski definition) is 4. The summed E-state index contributed by atoms with van der Waals surface area (Å²) in [5, 5.41) is 4.97. The van der Waals surface area contributed by atoms with Crippen molar-refractivity contribution in [2.24, 2.45) is 0 Å². The Hall–Kier alpha value is -3.69. The standard InChI is InChI=1S/C19H16F3N5O2/c20-19(21,22)14-7-2-1-5-12(14)9-24-17(28)15-16(27-11-26-15)18(29)25-10-13-6-3-4-8-23-13/h1-8,11H,9-10H2,(H,24,28)(H,25,29)(H,26,27). The summed E-state index contributed by atoms with van der Waals surface area (Å²) < 4.78 is 39.2. The highest BCUT2D eigenvalue weighted by Crippen LogP contribution is 2.31. The minimum atomic E-state index is -4.54. The highest BCUT2D eigenvalue weighted by atomic mass is 19.4. The molecule has 0 aliphatic heterocycles. The maximum absolute atomic E-state index is 13.1. The summed E-state index contributed by atoms with van der Waals surface area (Å²) in [5.41, 5.74) is -0.617. The summed E-state index contributed by atoms with van der Waals surface area (Å²) in [6.07, 6.45) is -1.80. The van der Waals surface area contributed by atoms with E-state index in [1.54, 1.807) is 24.4 Å². The number of halogens is 3. The van der Waals surface area contributed by atoms with Gasteiger partial charge in [0.05, 0.1) is 24.1 Å². The number of rotatable bonds is 6. The molecule has 10 heteroatoms. The molecule has 0 unspecified atom stereocenters. The molecule has 3 N–H and O–H groups in total. The second-order valence-corrected chi connectivity index (χ2v) is 5.97. The fourth-order valence-corrected chi connectivity index (χ4v) is 2.61. The average Bonchev–Trinajstić information content (AvgIpc) is 3.20. The molecule has 150 valence electrons. The Labute approximate surface area is 163 Å². The Morgan fingerprint density at radius 2 is 1.66 bits per heavy atom. The van der Waals surface area contributed by atoms with Crippen molar-refractivity contribution in [2.75, 3.05) is 0 Å². The van der Waals surface area contributed by atoms with Gasteiger partial charge in [-0.25, -0.2) is 4.98 Å². The van der Waals surface area contributed by atoms with Crippen molar-refractivity contribution in [2.45, 2.75) is 19.3 Å². The number of benzene rings is 1. The zero-order valence-electron chi connectivity index (χ0n) is 15.0. The minimum absolute atomic E-state index is 0.0889. The highest BCUT2D eigenvalue weighted by Gasteiger charge is 2.33. The van der Waals surface area contributed by atoms with Gasteiger partial charge in [-0.05, 0) is 23.8 Å². The van der Waals surface area contributed by atoms with Crippen LogP contribution in [0.15, 0.2) is 55.0 Å². The molecule has 29 heavy (non-hydrogen) atoms. The molecule has 2 amide bonds. The Morgan fingerprint density at radius 3 is 2.38 bits per heavy atom. The Kier molecular flexibility index (Phi) is 5.91. The van der Waals surface area contributed by atoms with E-state index in [1.807, 2.05) is 0 Å². The second-order valence-electron chi connectivity index (χ2n) is 5.97. The molecule has 2 aromatic heterocycles. The van der Waals surface area contributed by atoms with Crippen LogP contribution in [0.3, 0.4) is 0 Å². The topological polar surface area (TPSA) is 99.8 Å². The fourth-order valence-electron chi connectivity index (χ4n) is 2.61. The zero-order valence-corrected chi connectivity index (χ0v) is 15.0. The van der Waals surface area contributed by atoms with E-state index in [9.17, 15) is 22.8 Å². The fraction of sp³-hybridized carbons (Fsp3) is 0.158. The predicted molar refractivity (Wildman–Crippen MR) is 96.6 cm³/mol. The lowest BCUT2D eigenvalue weighted by Gasteiger charge is -2.13. The zero-order chi connectivity index (χ0) is 20.9.